The maximum Gasteiger partial charge on any atom is 0.0249 e. The lowest BCUT2D eigenvalue weighted by Gasteiger charge is -2.33. The third kappa shape index (κ3) is 3.76. The van der Waals surface area contributed by atoms with Crippen molar-refractivity contribution in [1.82, 2.24) is 10.2 Å². The van der Waals surface area contributed by atoms with Crippen molar-refractivity contribution in [3.05, 3.63) is 0 Å². The Kier molecular flexibility index (Phi) is 5.62. The third-order valence-electron chi connectivity index (χ3n) is 3.42. The number of hydrogen-bond donors (Lipinski definition) is 1. The zero-order chi connectivity index (χ0) is 11.3. The lowest BCUT2D eigenvalue weighted by Crippen LogP contribution is -2.48. The molecular weight excluding hydrogens is 184 g/mol. The fraction of sp³-hybridized carbons (Fsp3) is 1.00. The Morgan fingerprint density at radius 1 is 1.27 bits per heavy atom. The zero-order valence-electron chi connectivity index (χ0n) is 10.9. The van der Waals surface area contributed by atoms with Gasteiger partial charge in [-0.25, -0.2) is 0 Å². The van der Waals surface area contributed by atoms with Crippen LogP contribution in [0.4, 0.5) is 0 Å². The van der Waals surface area contributed by atoms with Crippen LogP contribution < -0.4 is 5.32 Å². The second-order valence-corrected chi connectivity index (χ2v) is 5.14. The maximum absolute atomic E-state index is 3.64. The van der Waals surface area contributed by atoms with E-state index in [1.807, 2.05) is 0 Å². The van der Waals surface area contributed by atoms with Crippen molar-refractivity contribution < 1.29 is 0 Å². The minimum atomic E-state index is 0.744. The minimum absolute atomic E-state index is 0.744. The Balaban J connectivity index is 2.49. The molecule has 0 aromatic rings. The zero-order valence-corrected chi connectivity index (χ0v) is 10.9. The third-order valence-corrected chi connectivity index (χ3v) is 3.42. The van der Waals surface area contributed by atoms with E-state index in [-0.39, 0.29) is 0 Å². The van der Waals surface area contributed by atoms with Crippen molar-refractivity contribution in [2.24, 2.45) is 5.92 Å². The fourth-order valence-electron chi connectivity index (χ4n) is 2.85. The topological polar surface area (TPSA) is 15.3 Å². The van der Waals surface area contributed by atoms with Crippen molar-refractivity contribution in [2.75, 3.05) is 19.6 Å². The van der Waals surface area contributed by atoms with Crippen LogP contribution in [0.25, 0.3) is 0 Å². The minimum Gasteiger partial charge on any atom is -0.313 e. The van der Waals surface area contributed by atoms with E-state index < -0.39 is 0 Å². The van der Waals surface area contributed by atoms with Crippen LogP contribution in [0.3, 0.4) is 0 Å². The van der Waals surface area contributed by atoms with E-state index in [1.54, 1.807) is 0 Å². The van der Waals surface area contributed by atoms with Gasteiger partial charge in [-0.2, -0.15) is 0 Å². The van der Waals surface area contributed by atoms with Crippen molar-refractivity contribution >= 4 is 0 Å². The van der Waals surface area contributed by atoms with Gasteiger partial charge in [0.2, 0.25) is 0 Å². The first-order valence-electron chi connectivity index (χ1n) is 6.66. The smallest absolute Gasteiger partial charge is 0.0249 e. The molecule has 0 aliphatic heterocycles. The van der Waals surface area contributed by atoms with E-state index in [0.29, 0.717) is 0 Å². The molecule has 0 radical (unpaired) electrons. The number of nitrogens with one attached hydrogen (secondary N) is 1. The molecule has 0 bridgehead atoms. The molecule has 0 aromatic heterocycles. The molecule has 15 heavy (non-hydrogen) atoms. The van der Waals surface area contributed by atoms with Crippen LogP contribution in [-0.4, -0.2) is 36.6 Å². The Morgan fingerprint density at radius 2 is 2.00 bits per heavy atom. The van der Waals surface area contributed by atoms with Crippen LogP contribution >= 0.6 is 0 Å². The normalized spacial score (nSPS) is 26.8. The highest BCUT2D eigenvalue weighted by molar-refractivity contribution is 4.90. The van der Waals surface area contributed by atoms with Crippen LogP contribution in [-0.2, 0) is 0 Å². The van der Waals surface area contributed by atoms with Crippen LogP contribution in [0.15, 0.2) is 0 Å². The Bertz CT molecular complexity index is 168. The van der Waals surface area contributed by atoms with Gasteiger partial charge < -0.3 is 5.32 Å². The average Bonchev–Trinajstić information content (AvgIpc) is 2.63. The second kappa shape index (κ2) is 6.49. The average molecular weight is 212 g/mol. The second-order valence-electron chi connectivity index (χ2n) is 5.14. The monoisotopic (exact) mass is 212 g/mol. The predicted molar refractivity (Wildman–Crippen MR) is 67.2 cm³/mol. The first-order valence-corrected chi connectivity index (χ1v) is 6.66. The summed E-state index contributed by atoms with van der Waals surface area (Å²) in [6.45, 7) is 12.7. The van der Waals surface area contributed by atoms with E-state index in [2.05, 4.69) is 37.9 Å². The summed E-state index contributed by atoms with van der Waals surface area (Å²) in [5, 5.41) is 3.64. The van der Waals surface area contributed by atoms with Gasteiger partial charge in [0.15, 0.2) is 0 Å². The van der Waals surface area contributed by atoms with Crippen molar-refractivity contribution in [3.8, 4) is 0 Å². The molecule has 0 amide bonds. The van der Waals surface area contributed by atoms with Crippen LogP contribution in [0.5, 0.6) is 0 Å². The van der Waals surface area contributed by atoms with Gasteiger partial charge in [-0.05, 0) is 31.8 Å². The van der Waals surface area contributed by atoms with Gasteiger partial charge in [0.05, 0.1) is 0 Å². The molecule has 2 nitrogen and oxygen atoms in total. The van der Waals surface area contributed by atoms with E-state index in [0.717, 1.165) is 24.5 Å². The summed E-state index contributed by atoms with van der Waals surface area (Å²) >= 11 is 0. The number of rotatable bonds is 6. The van der Waals surface area contributed by atoms with Crippen LogP contribution in [0, 0.1) is 5.92 Å². The molecule has 0 aromatic carbocycles. The molecule has 0 saturated heterocycles. The summed E-state index contributed by atoms with van der Waals surface area (Å²) in [6, 6.07) is 1.53. The summed E-state index contributed by atoms with van der Waals surface area (Å²) in [7, 11) is 0. The molecule has 0 spiro atoms. The lowest BCUT2D eigenvalue weighted by atomic mass is 10.1. The molecule has 1 aliphatic carbocycles. The first kappa shape index (κ1) is 13.0. The molecule has 1 N–H and O–H groups in total. The van der Waals surface area contributed by atoms with Crippen molar-refractivity contribution in [3.63, 3.8) is 0 Å². The van der Waals surface area contributed by atoms with Crippen LogP contribution in [0.2, 0.25) is 0 Å². The summed E-state index contributed by atoms with van der Waals surface area (Å²) in [5.41, 5.74) is 0. The molecule has 90 valence electrons. The standard InChI is InChI=1S/C13H28N2/c1-5-14-12-8-7-9-13(12)15(6-2)10-11(3)4/h11-14H,5-10H2,1-4H3. The van der Waals surface area contributed by atoms with Gasteiger partial charge in [0, 0.05) is 18.6 Å². The van der Waals surface area contributed by atoms with Crippen LogP contribution in [0.1, 0.15) is 47.0 Å². The van der Waals surface area contributed by atoms with E-state index in [4.69, 9.17) is 0 Å². The Hall–Kier alpha value is -0.0800. The predicted octanol–water partition coefficient (Wildman–Crippen LogP) is 2.49. The molecular formula is C13H28N2. The fourth-order valence-corrected chi connectivity index (χ4v) is 2.85. The molecule has 0 heterocycles. The Morgan fingerprint density at radius 3 is 2.53 bits per heavy atom. The highest BCUT2D eigenvalue weighted by atomic mass is 15.2. The highest BCUT2D eigenvalue weighted by Crippen LogP contribution is 2.24. The van der Waals surface area contributed by atoms with Gasteiger partial charge in [-0.3, -0.25) is 4.90 Å². The van der Waals surface area contributed by atoms with E-state index in [1.165, 1.54) is 32.4 Å². The van der Waals surface area contributed by atoms with Gasteiger partial charge in [0.1, 0.15) is 0 Å². The number of hydrogen-bond acceptors (Lipinski definition) is 2. The van der Waals surface area contributed by atoms with E-state index in [9.17, 15) is 0 Å². The van der Waals surface area contributed by atoms with Crippen molar-refractivity contribution in [1.29, 1.82) is 0 Å². The molecule has 1 aliphatic rings. The quantitative estimate of drug-likeness (QED) is 0.728. The largest absolute Gasteiger partial charge is 0.313 e. The number of likely N-dealkylation sites (N-methyl/N-ethyl adjacent to an activating group) is 2. The van der Waals surface area contributed by atoms with E-state index >= 15 is 0 Å². The maximum atomic E-state index is 3.64. The molecule has 1 rings (SSSR count). The van der Waals surface area contributed by atoms with Gasteiger partial charge in [-0.1, -0.05) is 34.1 Å². The summed E-state index contributed by atoms with van der Waals surface area (Å²) < 4.78 is 0. The lowest BCUT2D eigenvalue weighted by molar-refractivity contribution is 0.163. The van der Waals surface area contributed by atoms with Crippen molar-refractivity contribution in [2.45, 2.75) is 59.0 Å². The van der Waals surface area contributed by atoms with Gasteiger partial charge in [0.25, 0.3) is 0 Å². The summed E-state index contributed by atoms with van der Waals surface area (Å²) in [5.74, 6) is 0.785. The summed E-state index contributed by atoms with van der Waals surface area (Å²) in [6.07, 6.45) is 4.16. The molecule has 2 atom stereocenters. The number of nitrogens with zero attached hydrogens (tertiary/aromatic N) is 1. The Labute approximate surface area is 95.4 Å². The molecule has 1 fully saturated rings. The highest BCUT2D eigenvalue weighted by Gasteiger charge is 2.30. The molecule has 2 unspecified atom stereocenters. The first-order chi connectivity index (χ1) is 7.19. The van der Waals surface area contributed by atoms with Gasteiger partial charge in [-0.15, -0.1) is 0 Å². The molecule has 2 heteroatoms. The summed E-state index contributed by atoms with van der Waals surface area (Å²) in [4.78, 5) is 2.67. The molecule has 1 saturated carbocycles. The SMILES string of the molecule is CCNC1CCCC1N(CC)CC(C)C. The van der Waals surface area contributed by atoms with Gasteiger partial charge >= 0.3 is 0 Å².